The molecule has 2 heterocycles. The van der Waals surface area contributed by atoms with Crippen LogP contribution >= 0.6 is 0 Å². The summed E-state index contributed by atoms with van der Waals surface area (Å²) < 4.78 is 1.44. The first kappa shape index (κ1) is 12.6. The second kappa shape index (κ2) is 4.77. The lowest BCUT2D eigenvalue weighted by atomic mass is 10.2. The molecule has 98 valence electrons. The van der Waals surface area contributed by atoms with Crippen molar-refractivity contribution in [3.8, 4) is 0 Å². The van der Waals surface area contributed by atoms with Crippen LogP contribution in [-0.4, -0.2) is 31.2 Å². The minimum atomic E-state index is -0.480. The van der Waals surface area contributed by atoms with E-state index in [2.05, 4.69) is 15.0 Å². The van der Waals surface area contributed by atoms with Crippen LogP contribution in [0.3, 0.4) is 0 Å². The maximum atomic E-state index is 11.8. The molecule has 0 aliphatic carbocycles. The largest absolute Gasteiger partial charge is 0.396 e. The van der Waals surface area contributed by atoms with Crippen molar-refractivity contribution in [1.29, 1.82) is 0 Å². The third-order valence-electron chi connectivity index (χ3n) is 2.58. The van der Waals surface area contributed by atoms with Crippen molar-refractivity contribution in [2.24, 2.45) is 5.92 Å². The Morgan fingerprint density at radius 2 is 2.06 bits per heavy atom. The molecule has 0 fully saturated rings. The SMILES string of the molecule is CC(C)Cn1c(=O)[nH]c(=O)c2[nH]c(CCO)nc21. The van der Waals surface area contributed by atoms with Gasteiger partial charge in [-0.15, -0.1) is 0 Å². The van der Waals surface area contributed by atoms with E-state index in [-0.39, 0.29) is 18.0 Å². The molecule has 2 aromatic heterocycles. The van der Waals surface area contributed by atoms with Gasteiger partial charge in [0.15, 0.2) is 5.65 Å². The monoisotopic (exact) mass is 252 g/mol. The highest BCUT2D eigenvalue weighted by atomic mass is 16.3. The minimum Gasteiger partial charge on any atom is -0.396 e. The number of aromatic amines is 2. The molecule has 0 aliphatic heterocycles. The summed E-state index contributed by atoms with van der Waals surface area (Å²) in [5.74, 6) is 0.760. The van der Waals surface area contributed by atoms with Crippen LogP contribution in [0.4, 0.5) is 0 Å². The molecule has 0 unspecified atom stereocenters. The minimum absolute atomic E-state index is 0.0634. The quantitative estimate of drug-likeness (QED) is 0.689. The number of aromatic nitrogens is 4. The van der Waals surface area contributed by atoms with Crippen LogP contribution in [0.1, 0.15) is 19.7 Å². The first-order chi connectivity index (χ1) is 8.52. The van der Waals surface area contributed by atoms with Gasteiger partial charge < -0.3 is 10.1 Å². The van der Waals surface area contributed by atoms with Crippen molar-refractivity contribution in [2.45, 2.75) is 26.8 Å². The summed E-state index contributed by atoms with van der Waals surface area (Å²) in [7, 11) is 0. The Kier molecular flexibility index (Phi) is 3.33. The number of rotatable bonds is 4. The normalized spacial score (nSPS) is 11.6. The summed E-state index contributed by atoms with van der Waals surface area (Å²) >= 11 is 0. The van der Waals surface area contributed by atoms with E-state index < -0.39 is 11.2 Å². The summed E-state index contributed by atoms with van der Waals surface area (Å²) in [6.07, 6.45) is 0.323. The highest BCUT2D eigenvalue weighted by Crippen LogP contribution is 2.07. The van der Waals surface area contributed by atoms with Gasteiger partial charge in [-0.25, -0.2) is 9.78 Å². The lowest BCUT2D eigenvalue weighted by molar-refractivity contribution is 0.297. The van der Waals surface area contributed by atoms with Crippen molar-refractivity contribution >= 4 is 11.2 Å². The standard InChI is InChI=1S/C11H16N4O3/c1-6(2)5-15-9-8(10(17)14-11(15)18)12-7(13-9)3-4-16/h6,16H,3-5H2,1-2H3,(H,12,13)(H,14,17,18). The number of H-pyrrole nitrogens is 2. The average molecular weight is 252 g/mol. The maximum absolute atomic E-state index is 11.8. The van der Waals surface area contributed by atoms with Crippen LogP contribution in [-0.2, 0) is 13.0 Å². The van der Waals surface area contributed by atoms with Crippen LogP contribution in [0, 0.1) is 5.92 Å². The molecule has 2 rings (SSSR count). The number of nitrogens with zero attached hydrogens (tertiary/aromatic N) is 2. The predicted octanol–water partition coefficient (Wildman–Crippen LogP) is -0.396. The summed E-state index contributed by atoms with van der Waals surface area (Å²) in [5.41, 5.74) is -0.311. The molecule has 0 amide bonds. The van der Waals surface area contributed by atoms with E-state index in [4.69, 9.17) is 5.11 Å². The fraction of sp³-hybridized carbons (Fsp3) is 0.545. The third-order valence-corrected chi connectivity index (χ3v) is 2.58. The Labute approximate surface area is 102 Å². The van der Waals surface area contributed by atoms with Gasteiger partial charge in [0.05, 0.1) is 6.61 Å². The fourth-order valence-electron chi connectivity index (χ4n) is 1.85. The van der Waals surface area contributed by atoms with Crippen molar-refractivity contribution in [3.05, 3.63) is 26.7 Å². The van der Waals surface area contributed by atoms with Crippen LogP contribution in [0.25, 0.3) is 11.2 Å². The van der Waals surface area contributed by atoms with Gasteiger partial charge in [0.1, 0.15) is 11.3 Å². The number of fused-ring (bicyclic) bond motifs is 1. The van der Waals surface area contributed by atoms with E-state index in [1.54, 1.807) is 0 Å². The van der Waals surface area contributed by atoms with Crippen molar-refractivity contribution in [1.82, 2.24) is 19.5 Å². The topological polar surface area (TPSA) is 104 Å². The van der Waals surface area contributed by atoms with Gasteiger partial charge in [0.25, 0.3) is 5.56 Å². The van der Waals surface area contributed by atoms with Gasteiger partial charge in [-0.1, -0.05) is 13.8 Å². The summed E-state index contributed by atoms with van der Waals surface area (Å²) in [4.78, 5) is 32.7. The van der Waals surface area contributed by atoms with E-state index in [0.29, 0.717) is 24.4 Å². The fourth-order valence-corrected chi connectivity index (χ4v) is 1.85. The molecule has 2 aromatic rings. The first-order valence-corrected chi connectivity index (χ1v) is 5.85. The van der Waals surface area contributed by atoms with E-state index in [1.807, 2.05) is 13.8 Å². The predicted molar refractivity (Wildman–Crippen MR) is 66.6 cm³/mol. The molecule has 0 aliphatic rings. The van der Waals surface area contributed by atoms with Crippen molar-refractivity contribution in [2.75, 3.05) is 6.61 Å². The molecule has 7 heteroatoms. The Morgan fingerprint density at radius 1 is 1.33 bits per heavy atom. The molecule has 18 heavy (non-hydrogen) atoms. The van der Waals surface area contributed by atoms with Gasteiger partial charge >= 0.3 is 5.69 Å². The molecule has 0 bridgehead atoms. The van der Waals surface area contributed by atoms with Gasteiger partial charge in [0.2, 0.25) is 0 Å². The first-order valence-electron chi connectivity index (χ1n) is 5.85. The van der Waals surface area contributed by atoms with E-state index in [1.165, 1.54) is 4.57 Å². The molecule has 0 atom stereocenters. The molecule has 3 N–H and O–H groups in total. The third kappa shape index (κ3) is 2.21. The highest BCUT2D eigenvalue weighted by Gasteiger charge is 2.13. The van der Waals surface area contributed by atoms with E-state index >= 15 is 0 Å². The zero-order chi connectivity index (χ0) is 13.3. The maximum Gasteiger partial charge on any atom is 0.330 e. The van der Waals surface area contributed by atoms with Crippen molar-refractivity contribution in [3.63, 3.8) is 0 Å². The van der Waals surface area contributed by atoms with E-state index in [9.17, 15) is 9.59 Å². The Morgan fingerprint density at radius 3 is 2.67 bits per heavy atom. The summed E-state index contributed by atoms with van der Waals surface area (Å²) in [6, 6.07) is 0. The van der Waals surface area contributed by atoms with Crippen LogP contribution in [0.15, 0.2) is 9.59 Å². The molecule has 0 saturated heterocycles. The summed E-state index contributed by atoms with van der Waals surface area (Å²) in [5, 5.41) is 8.87. The zero-order valence-corrected chi connectivity index (χ0v) is 10.4. The van der Waals surface area contributed by atoms with Crippen LogP contribution in [0.2, 0.25) is 0 Å². The summed E-state index contributed by atoms with van der Waals surface area (Å²) in [6.45, 7) is 4.37. The van der Waals surface area contributed by atoms with Gasteiger partial charge in [-0.3, -0.25) is 14.3 Å². The molecule has 0 saturated carbocycles. The number of nitrogens with one attached hydrogen (secondary N) is 2. The smallest absolute Gasteiger partial charge is 0.330 e. The number of aliphatic hydroxyl groups is 1. The lowest BCUT2D eigenvalue weighted by Crippen LogP contribution is -2.31. The number of imidazole rings is 1. The number of hydrogen-bond donors (Lipinski definition) is 3. The second-order valence-electron chi connectivity index (χ2n) is 4.62. The molecular weight excluding hydrogens is 236 g/mol. The van der Waals surface area contributed by atoms with Gasteiger partial charge in [0, 0.05) is 13.0 Å². The Bertz CT molecular complexity index is 665. The Balaban J connectivity index is 2.68. The van der Waals surface area contributed by atoms with E-state index in [0.717, 1.165) is 0 Å². The Hall–Kier alpha value is -1.89. The second-order valence-corrected chi connectivity index (χ2v) is 4.62. The molecular formula is C11H16N4O3. The lowest BCUT2D eigenvalue weighted by Gasteiger charge is -2.07. The molecule has 0 spiro atoms. The highest BCUT2D eigenvalue weighted by molar-refractivity contribution is 5.69. The van der Waals surface area contributed by atoms with Crippen molar-refractivity contribution < 1.29 is 5.11 Å². The molecule has 0 aromatic carbocycles. The van der Waals surface area contributed by atoms with Gasteiger partial charge in [-0.05, 0) is 5.92 Å². The van der Waals surface area contributed by atoms with Gasteiger partial charge in [-0.2, -0.15) is 0 Å². The molecule has 7 nitrogen and oxygen atoms in total. The zero-order valence-electron chi connectivity index (χ0n) is 10.4. The number of hydrogen-bond acceptors (Lipinski definition) is 4. The molecule has 0 radical (unpaired) electrons. The van der Waals surface area contributed by atoms with Crippen LogP contribution < -0.4 is 11.2 Å². The average Bonchev–Trinajstić information content (AvgIpc) is 2.69. The number of aliphatic hydroxyl groups excluding tert-OH is 1. The van der Waals surface area contributed by atoms with Crippen LogP contribution in [0.5, 0.6) is 0 Å².